The van der Waals surface area contributed by atoms with Crippen LogP contribution < -0.4 is 22.9 Å². The molecular weight excluding hydrogens is 244 g/mol. The number of nitrogens with two attached hydrogens (primary N) is 4. The van der Waals surface area contributed by atoms with E-state index in [1.54, 1.807) is 0 Å². The first-order valence-corrected chi connectivity index (χ1v) is 5.17. The van der Waals surface area contributed by atoms with Gasteiger partial charge in [0.2, 0.25) is 5.91 Å². The van der Waals surface area contributed by atoms with Gasteiger partial charge in [0.1, 0.15) is 12.1 Å². The number of carboxylic acid groups (broad SMARTS) is 2. The van der Waals surface area contributed by atoms with Gasteiger partial charge in [0.15, 0.2) is 0 Å². The third-order valence-corrected chi connectivity index (χ3v) is 1.77. The van der Waals surface area contributed by atoms with Crippen LogP contribution in [0.4, 0.5) is 0 Å². The Morgan fingerprint density at radius 1 is 1.00 bits per heavy atom. The molecule has 0 rings (SSSR count). The standard InChI is InChI=1S/C5H12N2O2.C4H8N2O3/c6-3-1-2-4(7)5(8)9;5-2(4(8)9)1-3(6)7/h4H,1-3,6-7H2,(H,8,9);2H,1,5H2,(H2,6,7)(H,8,9)/t4-;2-/m00/s1. The highest BCUT2D eigenvalue weighted by Crippen LogP contribution is 1.91. The predicted molar refractivity (Wildman–Crippen MR) is 63.3 cm³/mol. The van der Waals surface area contributed by atoms with Crippen LogP contribution in [0.15, 0.2) is 0 Å². The van der Waals surface area contributed by atoms with E-state index in [0.29, 0.717) is 19.4 Å². The summed E-state index contributed by atoms with van der Waals surface area (Å²) in [7, 11) is 0. The van der Waals surface area contributed by atoms with Gasteiger partial charge in [-0.3, -0.25) is 14.4 Å². The fraction of sp³-hybridized carbons (Fsp3) is 0.667. The van der Waals surface area contributed by atoms with Crippen LogP contribution in [-0.4, -0.2) is 46.7 Å². The molecule has 0 fully saturated rings. The van der Waals surface area contributed by atoms with Crippen molar-refractivity contribution in [1.29, 1.82) is 0 Å². The lowest BCUT2D eigenvalue weighted by Gasteiger charge is -2.02. The van der Waals surface area contributed by atoms with Gasteiger partial charge < -0.3 is 33.1 Å². The van der Waals surface area contributed by atoms with Crippen LogP contribution in [-0.2, 0) is 14.4 Å². The fourth-order valence-corrected chi connectivity index (χ4v) is 0.765. The molecule has 0 spiro atoms. The molecule has 0 aliphatic heterocycles. The number of carbonyl (C=O) groups excluding carboxylic acids is 1. The molecule has 2 atom stereocenters. The topological polar surface area (TPSA) is 196 Å². The predicted octanol–water partition coefficient (Wildman–Crippen LogP) is -2.59. The molecule has 106 valence electrons. The van der Waals surface area contributed by atoms with Gasteiger partial charge in [-0.1, -0.05) is 0 Å². The van der Waals surface area contributed by atoms with Crippen LogP contribution in [0.1, 0.15) is 19.3 Å². The summed E-state index contributed by atoms with van der Waals surface area (Å²) in [5.41, 5.74) is 19.8. The number of carbonyl (C=O) groups is 3. The van der Waals surface area contributed by atoms with Crippen molar-refractivity contribution in [3.8, 4) is 0 Å². The Morgan fingerprint density at radius 3 is 1.67 bits per heavy atom. The van der Waals surface area contributed by atoms with E-state index in [9.17, 15) is 14.4 Å². The van der Waals surface area contributed by atoms with Crippen molar-refractivity contribution in [3.05, 3.63) is 0 Å². The molecular formula is C9H20N4O5. The van der Waals surface area contributed by atoms with Crippen molar-refractivity contribution in [2.45, 2.75) is 31.3 Å². The van der Waals surface area contributed by atoms with Gasteiger partial charge in [-0.2, -0.15) is 0 Å². The van der Waals surface area contributed by atoms with Crippen LogP contribution in [0.5, 0.6) is 0 Å². The first-order chi connectivity index (χ1) is 8.22. The second-order valence-electron chi connectivity index (χ2n) is 3.49. The number of amides is 1. The molecule has 0 aliphatic carbocycles. The Kier molecular flexibility index (Phi) is 10.8. The molecule has 0 aromatic rings. The van der Waals surface area contributed by atoms with E-state index in [0.717, 1.165) is 0 Å². The maximum absolute atomic E-state index is 10.0. The first kappa shape index (κ1) is 18.6. The molecule has 18 heavy (non-hydrogen) atoms. The molecule has 0 heterocycles. The van der Waals surface area contributed by atoms with E-state index >= 15 is 0 Å². The Morgan fingerprint density at radius 2 is 1.44 bits per heavy atom. The fourth-order valence-electron chi connectivity index (χ4n) is 0.765. The van der Waals surface area contributed by atoms with E-state index in [2.05, 4.69) is 5.73 Å². The van der Waals surface area contributed by atoms with Crippen molar-refractivity contribution in [2.75, 3.05) is 6.54 Å². The van der Waals surface area contributed by atoms with Gasteiger partial charge in [0, 0.05) is 0 Å². The molecule has 0 aliphatic rings. The van der Waals surface area contributed by atoms with E-state index in [-0.39, 0.29) is 6.42 Å². The summed E-state index contributed by atoms with van der Waals surface area (Å²) in [6.07, 6.45) is 0.828. The summed E-state index contributed by atoms with van der Waals surface area (Å²) in [6.45, 7) is 0.501. The molecule has 0 saturated heterocycles. The first-order valence-electron chi connectivity index (χ1n) is 5.17. The highest BCUT2D eigenvalue weighted by Gasteiger charge is 2.13. The molecule has 9 heteroatoms. The summed E-state index contributed by atoms with van der Waals surface area (Å²) < 4.78 is 0. The highest BCUT2D eigenvalue weighted by atomic mass is 16.4. The van der Waals surface area contributed by atoms with Gasteiger partial charge in [-0.05, 0) is 19.4 Å². The summed E-state index contributed by atoms with van der Waals surface area (Å²) in [4.78, 5) is 29.9. The summed E-state index contributed by atoms with van der Waals surface area (Å²) in [5.74, 6) is -2.87. The van der Waals surface area contributed by atoms with Crippen molar-refractivity contribution in [1.82, 2.24) is 0 Å². The second kappa shape index (κ2) is 10.4. The lowest BCUT2D eigenvalue weighted by atomic mass is 10.2. The number of hydrogen-bond donors (Lipinski definition) is 6. The smallest absolute Gasteiger partial charge is 0.321 e. The third-order valence-electron chi connectivity index (χ3n) is 1.77. The van der Waals surface area contributed by atoms with E-state index in [4.69, 9.17) is 27.4 Å². The molecule has 0 bridgehead atoms. The number of hydrogen-bond acceptors (Lipinski definition) is 6. The third kappa shape index (κ3) is 12.4. The van der Waals surface area contributed by atoms with Crippen molar-refractivity contribution in [3.63, 3.8) is 0 Å². The SMILES string of the molecule is NC(=O)C[C@H](N)C(=O)O.NCCC[C@H](N)C(=O)O. The Labute approximate surface area is 104 Å². The Balaban J connectivity index is 0. The zero-order valence-electron chi connectivity index (χ0n) is 9.91. The monoisotopic (exact) mass is 264 g/mol. The van der Waals surface area contributed by atoms with Crippen molar-refractivity contribution < 1.29 is 24.6 Å². The molecule has 9 nitrogen and oxygen atoms in total. The van der Waals surface area contributed by atoms with E-state index in [1.165, 1.54) is 0 Å². The zero-order chi connectivity index (χ0) is 14.7. The van der Waals surface area contributed by atoms with Crippen LogP contribution in [0.2, 0.25) is 0 Å². The van der Waals surface area contributed by atoms with Crippen LogP contribution in [0.3, 0.4) is 0 Å². The largest absolute Gasteiger partial charge is 0.480 e. The van der Waals surface area contributed by atoms with Crippen molar-refractivity contribution >= 4 is 17.8 Å². The van der Waals surface area contributed by atoms with Gasteiger partial charge in [-0.15, -0.1) is 0 Å². The van der Waals surface area contributed by atoms with E-state index < -0.39 is 29.9 Å². The van der Waals surface area contributed by atoms with Crippen LogP contribution in [0, 0.1) is 0 Å². The van der Waals surface area contributed by atoms with Crippen LogP contribution >= 0.6 is 0 Å². The zero-order valence-corrected chi connectivity index (χ0v) is 9.91. The number of rotatable bonds is 7. The average molecular weight is 264 g/mol. The minimum atomic E-state index is -1.21. The second-order valence-corrected chi connectivity index (χ2v) is 3.49. The van der Waals surface area contributed by atoms with Gasteiger partial charge >= 0.3 is 11.9 Å². The van der Waals surface area contributed by atoms with Gasteiger partial charge in [0.25, 0.3) is 0 Å². The molecule has 0 aromatic carbocycles. The van der Waals surface area contributed by atoms with E-state index in [1.807, 2.05) is 0 Å². The Bertz CT molecular complexity index is 284. The maximum Gasteiger partial charge on any atom is 0.321 e. The minimum absolute atomic E-state index is 0.310. The molecule has 0 saturated carbocycles. The summed E-state index contributed by atoms with van der Waals surface area (Å²) >= 11 is 0. The molecule has 0 unspecified atom stereocenters. The van der Waals surface area contributed by atoms with Gasteiger partial charge in [-0.25, -0.2) is 0 Å². The number of aliphatic carboxylic acids is 2. The van der Waals surface area contributed by atoms with Gasteiger partial charge in [0.05, 0.1) is 6.42 Å². The minimum Gasteiger partial charge on any atom is -0.480 e. The average Bonchev–Trinajstić information content (AvgIpc) is 2.25. The lowest BCUT2D eigenvalue weighted by Crippen LogP contribution is -2.34. The highest BCUT2D eigenvalue weighted by molar-refractivity contribution is 5.83. The lowest BCUT2D eigenvalue weighted by molar-refractivity contribution is -0.140. The molecule has 10 N–H and O–H groups in total. The molecule has 1 amide bonds. The Hall–Kier alpha value is -1.71. The number of primary amides is 1. The summed E-state index contributed by atoms with van der Waals surface area (Å²) in [6, 6.07) is -1.91. The van der Waals surface area contributed by atoms with Crippen molar-refractivity contribution in [2.24, 2.45) is 22.9 Å². The molecule has 0 aromatic heterocycles. The number of carboxylic acids is 2. The normalized spacial score (nSPS) is 12.8. The maximum atomic E-state index is 10.0. The summed E-state index contributed by atoms with van der Waals surface area (Å²) in [5, 5.41) is 16.3. The molecule has 0 radical (unpaired) electrons. The van der Waals surface area contributed by atoms with Crippen LogP contribution in [0.25, 0.3) is 0 Å². The quantitative estimate of drug-likeness (QED) is 0.288.